The van der Waals surface area contributed by atoms with Crippen LogP contribution in [-0.2, 0) is 6.42 Å². The Morgan fingerprint density at radius 3 is 3.19 bits per heavy atom. The molecule has 0 fully saturated rings. The Morgan fingerprint density at radius 2 is 2.38 bits per heavy atom. The first kappa shape index (κ1) is 9.47. The van der Waals surface area contributed by atoms with Gasteiger partial charge in [-0.05, 0) is 24.5 Å². The minimum Gasteiger partial charge on any atom is -0.321 e. The number of pyridine rings is 1. The SMILES string of the molecule is NC(c1ncn[nH]1)C1CCc2cccnc21. The molecule has 1 aliphatic rings. The van der Waals surface area contributed by atoms with Crippen molar-refractivity contribution in [3.05, 3.63) is 41.7 Å². The van der Waals surface area contributed by atoms with Crippen LogP contribution < -0.4 is 5.73 Å². The maximum Gasteiger partial charge on any atom is 0.141 e. The van der Waals surface area contributed by atoms with Gasteiger partial charge in [0, 0.05) is 17.8 Å². The first-order valence-corrected chi connectivity index (χ1v) is 5.41. The summed E-state index contributed by atoms with van der Waals surface area (Å²) in [6.07, 6.45) is 5.40. The molecule has 0 amide bonds. The number of aryl methyl sites for hydroxylation is 1. The van der Waals surface area contributed by atoms with E-state index in [1.54, 1.807) is 0 Å². The predicted molar refractivity (Wildman–Crippen MR) is 58.6 cm³/mol. The molecule has 2 atom stereocenters. The lowest BCUT2D eigenvalue weighted by molar-refractivity contribution is 0.518. The van der Waals surface area contributed by atoms with Crippen molar-refractivity contribution in [1.82, 2.24) is 20.2 Å². The fourth-order valence-corrected chi connectivity index (χ4v) is 2.36. The molecule has 5 heteroatoms. The quantitative estimate of drug-likeness (QED) is 0.781. The standard InChI is InChI=1S/C11H13N5/c12-9(11-14-6-15-16-11)8-4-3-7-2-1-5-13-10(7)8/h1-2,5-6,8-9H,3-4,12H2,(H,14,15,16). The molecule has 0 radical (unpaired) electrons. The van der Waals surface area contributed by atoms with Crippen molar-refractivity contribution >= 4 is 0 Å². The Labute approximate surface area is 93.1 Å². The predicted octanol–water partition coefficient (Wildman–Crippen LogP) is 0.929. The van der Waals surface area contributed by atoms with E-state index >= 15 is 0 Å². The Kier molecular flexibility index (Phi) is 2.18. The van der Waals surface area contributed by atoms with Crippen LogP contribution in [0.25, 0.3) is 0 Å². The third-order valence-electron chi connectivity index (χ3n) is 3.18. The summed E-state index contributed by atoms with van der Waals surface area (Å²) in [5, 5.41) is 6.66. The smallest absolute Gasteiger partial charge is 0.141 e. The zero-order valence-corrected chi connectivity index (χ0v) is 8.80. The number of aromatic amines is 1. The number of fused-ring (bicyclic) bond motifs is 1. The van der Waals surface area contributed by atoms with Gasteiger partial charge in [0.15, 0.2) is 0 Å². The summed E-state index contributed by atoms with van der Waals surface area (Å²) in [5.74, 6) is 0.993. The number of hydrogen-bond donors (Lipinski definition) is 2. The molecule has 2 aromatic heterocycles. The van der Waals surface area contributed by atoms with Gasteiger partial charge in [-0.25, -0.2) is 4.98 Å². The Morgan fingerprint density at radius 1 is 1.44 bits per heavy atom. The Hall–Kier alpha value is -1.75. The van der Waals surface area contributed by atoms with Crippen LogP contribution in [-0.4, -0.2) is 20.2 Å². The molecule has 0 aliphatic heterocycles. The van der Waals surface area contributed by atoms with Crippen LogP contribution in [0.4, 0.5) is 0 Å². The average molecular weight is 215 g/mol. The van der Waals surface area contributed by atoms with Gasteiger partial charge in [0.05, 0.1) is 6.04 Å². The summed E-state index contributed by atoms with van der Waals surface area (Å²) in [6, 6.07) is 3.95. The second-order valence-electron chi connectivity index (χ2n) is 4.09. The number of rotatable bonds is 2. The van der Waals surface area contributed by atoms with Crippen LogP contribution in [0.2, 0.25) is 0 Å². The second-order valence-corrected chi connectivity index (χ2v) is 4.09. The van der Waals surface area contributed by atoms with Crippen LogP contribution in [0.3, 0.4) is 0 Å². The number of nitrogens with one attached hydrogen (secondary N) is 1. The van der Waals surface area contributed by atoms with E-state index in [2.05, 4.69) is 26.2 Å². The van der Waals surface area contributed by atoms with Crippen molar-refractivity contribution in [2.45, 2.75) is 24.8 Å². The minimum atomic E-state index is -0.140. The summed E-state index contributed by atoms with van der Waals surface area (Å²) < 4.78 is 0. The first-order chi connectivity index (χ1) is 7.86. The van der Waals surface area contributed by atoms with E-state index < -0.39 is 0 Å². The molecule has 82 valence electrons. The van der Waals surface area contributed by atoms with Gasteiger partial charge in [-0.15, -0.1) is 0 Å². The Bertz CT molecular complexity index is 479. The summed E-state index contributed by atoms with van der Waals surface area (Å²) in [6.45, 7) is 0. The van der Waals surface area contributed by atoms with Crippen LogP contribution >= 0.6 is 0 Å². The zero-order valence-electron chi connectivity index (χ0n) is 8.80. The molecule has 16 heavy (non-hydrogen) atoms. The third kappa shape index (κ3) is 1.40. The van der Waals surface area contributed by atoms with Gasteiger partial charge in [0.25, 0.3) is 0 Å². The fourth-order valence-electron chi connectivity index (χ4n) is 2.36. The highest BCUT2D eigenvalue weighted by atomic mass is 15.2. The molecule has 0 aromatic carbocycles. The largest absolute Gasteiger partial charge is 0.321 e. The van der Waals surface area contributed by atoms with Crippen LogP contribution in [0.1, 0.15) is 35.5 Å². The van der Waals surface area contributed by atoms with Crippen molar-refractivity contribution in [2.24, 2.45) is 5.73 Å². The van der Waals surface area contributed by atoms with E-state index in [4.69, 9.17) is 5.73 Å². The van der Waals surface area contributed by atoms with Crippen molar-refractivity contribution in [3.63, 3.8) is 0 Å². The molecule has 0 bridgehead atoms. The van der Waals surface area contributed by atoms with Gasteiger partial charge in [0.2, 0.25) is 0 Å². The lowest BCUT2D eigenvalue weighted by Crippen LogP contribution is -2.20. The van der Waals surface area contributed by atoms with Gasteiger partial charge in [-0.1, -0.05) is 6.07 Å². The van der Waals surface area contributed by atoms with Gasteiger partial charge in [-0.2, -0.15) is 5.10 Å². The number of aromatic nitrogens is 4. The number of nitrogens with zero attached hydrogens (tertiary/aromatic N) is 3. The van der Waals surface area contributed by atoms with E-state index in [1.807, 2.05) is 12.3 Å². The molecule has 0 spiro atoms. The maximum absolute atomic E-state index is 6.19. The molecular formula is C11H13N5. The minimum absolute atomic E-state index is 0.140. The molecule has 5 nitrogen and oxygen atoms in total. The van der Waals surface area contributed by atoms with Crippen LogP contribution in [0, 0.1) is 0 Å². The van der Waals surface area contributed by atoms with Crippen molar-refractivity contribution in [1.29, 1.82) is 0 Å². The second kappa shape index (κ2) is 3.68. The van der Waals surface area contributed by atoms with E-state index in [-0.39, 0.29) is 12.0 Å². The lowest BCUT2D eigenvalue weighted by Gasteiger charge is -2.16. The summed E-state index contributed by atoms with van der Waals surface area (Å²) >= 11 is 0. The normalized spacial score (nSPS) is 20.7. The summed E-state index contributed by atoms with van der Waals surface area (Å²) in [5.41, 5.74) is 8.61. The van der Waals surface area contributed by atoms with Crippen LogP contribution in [0.15, 0.2) is 24.7 Å². The molecule has 2 heterocycles. The van der Waals surface area contributed by atoms with Crippen molar-refractivity contribution in [3.8, 4) is 0 Å². The van der Waals surface area contributed by atoms with Gasteiger partial charge in [0.1, 0.15) is 12.2 Å². The number of nitrogens with two attached hydrogens (primary N) is 1. The topological polar surface area (TPSA) is 80.5 Å². The molecule has 0 saturated carbocycles. The van der Waals surface area contributed by atoms with E-state index in [1.165, 1.54) is 11.9 Å². The highest BCUT2D eigenvalue weighted by molar-refractivity contribution is 5.30. The molecule has 3 rings (SSSR count). The van der Waals surface area contributed by atoms with Crippen molar-refractivity contribution < 1.29 is 0 Å². The summed E-state index contributed by atoms with van der Waals surface area (Å²) in [7, 11) is 0. The fraction of sp³-hybridized carbons (Fsp3) is 0.364. The van der Waals surface area contributed by atoms with Crippen molar-refractivity contribution in [2.75, 3.05) is 0 Å². The molecule has 0 saturated heterocycles. The highest BCUT2D eigenvalue weighted by Gasteiger charge is 2.30. The van der Waals surface area contributed by atoms with Gasteiger partial charge < -0.3 is 5.73 Å². The van der Waals surface area contributed by atoms with Gasteiger partial charge >= 0.3 is 0 Å². The third-order valence-corrected chi connectivity index (χ3v) is 3.18. The van der Waals surface area contributed by atoms with E-state index in [0.29, 0.717) is 0 Å². The molecule has 1 aliphatic carbocycles. The number of H-pyrrole nitrogens is 1. The zero-order chi connectivity index (χ0) is 11.0. The van der Waals surface area contributed by atoms with E-state index in [9.17, 15) is 0 Å². The first-order valence-electron chi connectivity index (χ1n) is 5.41. The molecule has 2 unspecified atom stereocenters. The maximum atomic E-state index is 6.19. The Balaban J connectivity index is 1.93. The molecular weight excluding hydrogens is 202 g/mol. The van der Waals surface area contributed by atoms with Crippen LogP contribution in [0.5, 0.6) is 0 Å². The van der Waals surface area contributed by atoms with Gasteiger partial charge in [-0.3, -0.25) is 10.1 Å². The summed E-state index contributed by atoms with van der Waals surface area (Å²) in [4.78, 5) is 8.54. The number of hydrogen-bond acceptors (Lipinski definition) is 4. The molecule has 3 N–H and O–H groups in total. The average Bonchev–Trinajstić information content (AvgIpc) is 2.98. The highest BCUT2D eigenvalue weighted by Crippen LogP contribution is 2.37. The van der Waals surface area contributed by atoms with E-state index in [0.717, 1.165) is 24.4 Å². The molecule has 2 aromatic rings. The monoisotopic (exact) mass is 215 g/mol. The lowest BCUT2D eigenvalue weighted by atomic mass is 9.97.